The number of nitrogens with zero attached hydrogens (tertiary/aromatic N) is 1. The quantitative estimate of drug-likeness (QED) is 0.892. The maximum absolute atomic E-state index is 12.5. The minimum atomic E-state index is -3.59. The molecular formula is C12H21ClN2O3S. The Morgan fingerprint density at radius 3 is 2.47 bits per heavy atom. The predicted molar refractivity (Wildman–Crippen MR) is 78.4 cm³/mol. The molecule has 1 aromatic rings. The standard InChI is InChI=1S/C12H20N2O3S.ClH/c1-9-5-6-11(17-4)12(7-9)18(15,16)14(3)10(2)8-13;/h5-7,10H,8,13H2,1-4H3;1H. The first-order chi connectivity index (χ1) is 8.34. The second-order valence-electron chi connectivity index (χ2n) is 4.26. The summed E-state index contributed by atoms with van der Waals surface area (Å²) < 4.78 is 31.3. The third-order valence-electron chi connectivity index (χ3n) is 2.94. The highest BCUT2D eigenvalue weighted by Crippen LogP contribution is 2.27. The fourth-order valence-corrected chi connectivity index (χ4v) is 3.14. The van der Waals surface area contributed by atoms with Crippen LogP contribution in [-0.4, -0.2) is 39.5 Å². The second-order valence-corrected chi connectivity index (χ2v) is 6.23. The van der Waals surface area contributed by atoms with Gasteiger partial charge in [-0.1, -0.05) is 6.07 Å². The first-order valence-electron chi connectivity index (χ1n) is 5.67. The lowest BCUT2D eigenvalue weighted by molar-refractivity contribution is 0.380. The van der Waals surface area contributed by atoms with Gasteiger partial charge in [-0.3, -0.25) is 0 Å². The molecule has 0 bridgehead atoms. The van der Waals surface area contributed by atoms with Crippen LogP contribution in [0.15, 0.2) is 23.1 Å². The number of hydrogen-bond acceptors (Lipinski definition) is 4. The third-order valence-corrected chi connectivity index (χ3v) is 4.93. The Labute approximate surface area is 121 Å². The molecule has 1 aromatic carbocycles. The van der Waals surface area contributed by atoms with Crippen LogP contribution in [0.1, 0.15) is 12.5 Å². The minimum absolute atomic E-state index is 0. The van der Waals surface area contributed by atoms with Gasteiger partial charge in [-0.15, -0.1) is 12.4 Å². The summed E-state index contributed by atoms with van der Waals surface area (Å²) in [6.07, 6.45) is 0. The Morgan fingerprint density at radius 2 is 2.00 bits per heavy atom. The lowest BCUT2D eigenvalue weighted by Gasteiger charge is -2.24. The summed E-state index contributed by atoms with van der Waals surface area (Å²) in [4.78, 5) is 0.174. The van der Waals surface area contributed by atoms with Crippen molar-refractivity contribution in [1.29, 1.82) is 0 Å². The molecule has 0 aliphatic carbocycles. The van der Waals surface area contributed by atoms with Crippen molar-refractivity contribution < 1.29 is 13.2 Å². The number of nitrogens with two attached hydrogens (primary N) is 1. The van der Waals surface area contributed by atoms with Gasteiger partial charge in [0, 0.05) is 19.6 Å². The van der Waals surface area contributed by atoms with Gasteiger partial charge in [0.1, 0.15) is 10.6 Å². The number of ether oxygens (including phenoxy) is 1. The van der Waals surface area contributed by atoms with Gasteiger partial charge in [-0.05, 0) is 31.5 Å². The lowest BCUT2D eigenvalue weighted by Crippen LogP contribution is -2.39. The summed E-state index contributed by atoms with van der Waals surface area (Å²) in [5, 5.41) is 0. The number of aryl methyl sites for hydroxylation is 1. The van der Waals surface area contributed by atoms with E-state index in [1.807, 2.05) is 13.0 Å². The van der Waals surface area contributed by atoms with E-state index in [2.05, 4.69) is 0 Å². The van der Waals surface area contributed by atoms with Crippen LogP contribution in [0.2, 0.25) is 0 Å². The summed E-state index contributed by atoms with van der Waals surface area (Å²) in [7, 11) is -0.610. The van der Waals surface area contributed by atoms with E-state index in [0.29, 0.717) is 5.75 Å². The van der Waals surface area contributed by atoms with Crippen LogP contribution in [0.5, 0.6) is 5.75 Å². The molecule has 0 saturated carbocycles. The average molecular weight is 309 g/mol. The molecule has 0 amide bonds. The van der Waals surface area contributed by atoms with Crippen molar-refractivity contribution in [3.8, 4) is 5.75 Å². The molecule has 0 aliphatic rings. The number of methoxy groups -OCH3 is 1. The molecule has 1 rings (SSSR count). The highest BCUT2D eigenvalue weighted by Gasteiger charge is 2.27. The van der Waals surface area contributed by atoms with E-state index in [4.69, 9.17) is 10.5 Å². The molecule has 0 aliphatic heterocycles. The number of hydrogen-bond donors (Lipinski definition) is 1. The molecule has 7 heteroatoms. The van der Waals surface area contributed by atoms with Crippen molar-refractivity contribution in [2.75, 3.05) is 20.7 Å². The normalized spacial score (nSPS) is 12.9. The zero-order valence-electron chi connectivity index (χ0n) is 11.6. The van der Waals surface area contributed by atoms with E-state index in [1.54, 1.807) is 19.1 Å². The van der Waals surface area contributed by atoms with E-state index in [9.17, 15) is 8.42 Å². The fraction of sp³-hybridized carbons (Fsp3) is 0.500. The number of likely N-dealkylation sites (N-methyl/N-ethyl adjacent to an activating group) is 1. The molecule has 0 fully saturated rings. The van der Waals surface area contributed by atoms with Crippen molar-refractivity contribution in [3.63, 3.8) is 0 Å². The zero-order valence-corrected chi connectivity index (χ0v) is 13.2. The summed E-state index contributed by atoms with van der Waals surface area (Å²) >= 11 is 0. The maximum Gasteiger partial charge on any atom is 0.246 e. The van der Waals surface area contributed by atoms with Gasteiger partial charge in [0.15, 0.2) is 0 Å². The Balaban J connectivity index is 0.00000324. The van der Waals surface area contributed by atoms with Crippen LogP contribution < -0.4 is 10.5 Å². The van der Waals surface area contributed by atoms with Crippen LogP contribution in [0, 0.1) is 6.92 Å². The van der Waals surface area contributed by atoms with Crippen molar-refractivity contribution in [1.82, 2.24) is 4.31 Å². The lowest BCUT2D eigenvalue weighted by atomic mass is 10.2. The number of sulfonamides is 1. The van der Waals surface area contributed by atoms with Crippen LogP contribution >= 0.6 is 12.4 Å². The Bertz CT molecular complexity index is 520. The van der Waals surface area contributed by atoms with Crippen LogP contribution in [0.3, 0.4) is 0 Å². The molecule has 0 spiro atoms. The van der Waals surface area contributed by atoms with E-state index in [1.165, 1.54) is 18.5 Å². The molecule has 110 valence electrons. The summed E-state index contributed by atoms with van der Waals surface area (Å²) in [5.41, 5.74) is 6.37. The third kappa shape index (κ3) is 3.82. The van der Waals surface area contributed by atoms with Crippen molar-refractivity contribution in [2.24, 2.45) is 5.73 Å². The average Bonchev–Trinajstić information content (AvgIpc) is 2.36. The summed E-state index contributed by atoms with van der Waals surface area (Å²) in [6.45, 7) is 3.87. The van der Waals surface area contributed by atoms with E-state index >= 15 is 0 Å². The monoisotopic (exact) mass is 308 g/mol. The molecular weight excluding hydrogens is 288 g/mol. The largest absolute Gasteiger partial charge is 0.495 e. The molecule has 0 heterocycles. The predicted octanol–water partition coefficient (Wildman–Crippen LogP) is 1.39. The first-order valence-corrected chi connectivity index (χ1v) is 7.11. The Kier molecular flexibility index (Phi) is 6.79. The molecule has 19 heavy (non-hydrogen) atoms. The van der Waals surface area contributed by atoms with E-state index in [0.717, 1.165) is 5.56 Å². The highest BCUT2D eigenvalue weighted by atomic mass is 35.5. The molecule has 0 aromatic heterocycles. The molecule has 0 radical (unpaired) electrons. The van der Waals surface area contributed by atoms with Gasteiger partial charge < -0.3 is 10.5 Å². The van der Waals surface area contributed by atoms with Gasteiger partial charge in [0.05, 0.1) is 7.11 Å². The van der Waals surface area contributed by atoms with Gasteiger partial charge >= 0.3 is 0 Å². The summed E-state index contributed by atoms with van der Waals surface area (Å²) in [6, 6.07) is 4.81. The van der Waals surface area contributed by atoms with Gasteiger partial charge in [0.25, 0.3) is 0 Å². The molecule has 0 saturated heterocycles. The zero-order chi connectivity index (χ0) is 13.9. The van der Waals surface area contributed by atoms with E-state index in [-0.39, 0.29) is 29.9 Å². The van der Waals surface area contributed by atoms with Crippen LogP contribution in [0.25, 0.3) is 0 Å². The minimum Gasteiger partial charge on any atom is -0.495 e. The van der Waals surface area contributed by atoms with Crippen molar-refractivity contribution in [3.05, 3.63) is 23.8 Å². The van der Waals surface area contributed by atoms with Crippen molar-refractivity contribution >= 4 is 22.4 Å². The maximum atomic E-state index is 12.5. The van der Waals surface area contributed by atoms with Crippen LogP contribution in [0.4, 0.5) is 0 Å². The Hall–Kier alpha value is -0.820. The topological polar surface area (TPSA) is 72.6 Å². The molecule has 2 N–H and O–H groups in total. The second kappa shape index (κ2) is 7.09. The Morgan fingerprint density at radius 1 is 1.42 bits per heavy atom. The molecule has 1 atom stereocenters. The highest BCUT2D eigenvalue weighted by molar-refractivity contribution is 7.89. The SMILES string of the molecule is COc1ccc(C)cc1S(=O)(=O)N(C)C(C)CN.Cl. The summed E-state index contributed by atoms with van der Waals surface area (Å²) in [5.74, 6) is 0.344. The number of benzene rings is 1. The number of rotatable bonds is 5. The van der Waals surface area contributed by atoms with Gasteiger partial charge in [-0.2, -0.15) is 4.31 Å². The fourth-order valence-electron chi connectivity index (χ4n) is 1.53. The van der Waals surface area contributed by atoms with Crippen LogP contribution in [-0.2, 0) is 10.0 Å². The van der Waals surface area contributed by atoms with Gasteiger partial charge in [-0.25, -0.2) is 8.42 Å². The van der Waals surface area contributed by atoms with Crippen molar-refractivity contribution in [2.45, 2.75) is 24.8 Å². The number of halogens is 1. The molecule has 1 unspecified atom stereocenters. The smallest absolute Gasteiger partial charge is 0.246 e. The van der Waals surface area contributed by atoms with E-state index < -0.39 is 10.0 Å². The molecule has 5 nitrogen and oxygen atoms in total. The van der Waals surface area contributed by atoms with Gasteiger partial charge in [0.2, 0.25) is 10.0 Å². The first kappa shape index (κ1) is 18.2.